The predicted octanol–water partition coefficient (Wildman–Crippen LogP) is 4.77. The molecule has 1 aliphatic heterocycles. The molecule has 3 heterocycles. The van der Waals surface area contributed by atoms with Crippen molar-refractivity contribution in [1.82, 2.24) is 19.8 Å². The number of hydrogen-bond donors (Lipinski definition) is 2. The van der Waals surface area contributed by atoms with Crippen LogP contribution in [0.15, 0.2) is 67.1 Å². The molecule has 1 saturated heterocycles. The Balaban J connectivity index is 1.53. The second-order valence-corrected chi connectivity index (χ2v) is 8.86. The van der Waals surface area contributed by atoms with Crippen LogP contribution in [0, 0.1) is 6.92 Å². The van der Waals surface area contributed by atoms with E-state index >= 15 is 0 Å². The molecular formula is C25H29N5OS. The Morgan fingerprint density at radius 2 is 1.97 bits per heavy atom. The van der Waals surface area contributed by atoms with E-state index in [-0.39, 0.29) is 18.0 Å². The second-order valence-electron chi connectivity index (χ2n) is 8.47. The molecule has 166 valence electrons. The molecule has 0 unspecified atom stereocenters. The van der Waals surface area contributed by atoms with Gasteiger partial charge in [0.15, 0.2) is 5.11 Å². The van der Waals surface area contributed by atoms with Gasteiger partial charge in [-0.15, -0.1) is 0 Å². The van der Waals surface area contributed by atoms with Gasteiger partial charge in [0.25, 0.3) is 0 Å². The summed E-state index contributed by atoms with van der Waals surface area (Å²) >= 11 is 5.70. The summed E-state index contributed by atoms with van der Waals surface area (Å²) in [5.74, 6) is -0.0311. The maximum absolute atomic E-state index is 12.6. The molecular weight excluding hydrogens is 418 g/mol. The molecule has 0 aliphatic carbocycles. The van der Waals surface area contributed by atoms with Crippen molar-refractivity contribution in [2.24, 2.45) is 0 Å². The lowest BCUT2D eigenvalue weighted by Crippen LogP contribution is -2.32. The number of pyridine rings is 1. The smallest absolute Gasteiger partial charge is 0.226 e. The van der Waals surface area contributed by atoms with Crippen LogP contribution in [-0.4, -0.2) is 32.0 Å². The molecule has 1 aliphatic rings. The number of hydrogen-bond acceptors (Lipinski definition) is 3. The van der Waals surface area contributed by atoms with Crippen molar-refractivity contribution in [1.29, 1.82) is 0 Å². The monoisotopic (exact) mass is 447 g/mol. The van der Waals surface area contributed by atoms with Crippen LogP contribution in [0.3, 0.4) is 0 Å². The summed E-state index contributed by atoms with van der Waals surface area (Å²) < 4.78 is 2.19. The van der Waals surface area contributed by atoms with Crippen LogP contribution < -0.4 is 10.6 Å². The first kappa shape index (κ1) is 22.0. The molecule has 2 atom stereocenters. The number of carbonyl (C=O) groups is 1. The SMILES string of the molecule is Cc1ccc(NC(=O)CCN2C(=S)N[C@H](c3ccccn3)[C@H]2c2ccn(C(C)C)c2)cc1. The lowest BCUT2D eigenvalue weighted by Gasteiger charge is -2.27. The Hall–Kier alpha value is -3.19. The number of amides is 1. The molecule has 0 radical (unpaired) electrons. The molecule has 2 N–H and O–H groups in total. The van der Waals surface area contributed by atoms with Gasteiger partial charge in [-0.25, -0.2) is 0 Å². The molecule has 0 saturated carbocycles. The molecule has 0 bridgehead atoms. The molecule has 3 aromatic rings. The van der Waals surface area contributed by atoms with Gasteiger partial charge in [-0.3, -0.25) is 9.78 Å². The summed E-state index contributed by atoms with van der Waals surface area (Å²) in [5, 5.41) is 7.06. The third kappa shape index (κ3) is 4.83. The summed E-state index contributed by atoms with van der Waals surface area (Å²) in [6, 6.07) is 16.1. The van der Waals surface area contributed by atoms with Crippen LogP contribution in [-0.2, 0) is 4.79 Å². The first-order valence-corrected chi connectivity index (χ1v) is 11.3. The number of aryl methyl sites for hydroxylation is 1. The third-order valence-corrected chi connectivity index (χ3v) is 6.14. The molecule has 2 aromatic heterocycles. The summed E-state index contributed by atoms with van der Waals surface area (Å²) in [6.07, 6.45) is 6.40. The quantitative estimate of drug-likeness (QED) is 0.511. The van der Waals surface area contributed by atoms with Gasteiger partial charge in [-0.05, 0) is 68.9 Å². The van der Waals surface area contributed by atoms with Gasteiger partial charge in [-0.1, -0.05) is 23.8 Å². The van der Waals surface area contributed by atoms with Gasteiger partial charge in [0.05, 0.1) is 17.8 Å². The highest BCUT2D eigenvalue weighted by Gasteiger charge is 2.40. The number of nitrogens with one attached hydrogen (secondary N) is 2. The summed E-state index contributed by atoms with van der Waals surface area (Å²) in [7, 11) is 0. The molecule has 4 rings (SSSR count). The van der Waals surface area contributed by atoms with E-state index in [0.29, 0.717) is 24.1 Å². The van der Waals surface area contributed by atoms with Crippen molar-refractivity contribution in [2.75, 3.05) is 11.9 Å². The Morgan fingerprint density at radius 3 is 2.62 bits per heavy atom. The summed E-state index contributed by atoms with van der Waals surface area (Å²) in [5.41, 5.74) is 4.05. The number of thiocarbonyl (C=S) groups is 1. The van der Waals surface area contributed by atoms with Crippen molar-refractivity contribution >= 4 is 28.9 Å². The number of aromatic nitrogens is 2. The third-order valence-electron chi connectivity index (χ3n) is 5.79. The Labute approximate surface area is 194 Å². The largest absolute Gasteiger partial charge is 0.352 e. The molecule has 32 heavy (non-hydrogen) atoms. The van der Waals surface area contributed by atoms with Crippen molar-refractivity contribution < 1.29 is 4.79 Å². The Morgan fingerprint density at radius 1 is 1.19 bits per heavy atom. The van der Waals surface area contributed by atoms with Crippen LogP contribution in [0.4, 0.5) is 5.69 Å². The number of carbonyl (C=O) groups excluding carboxylic acids is 1. The van der Waals surface area contributed by atoms with E-state index in [1.165, 1.54) is 0 Å². The van der Waals surface area contributed by atoms with Crippen molar-refractivity contribution in [3.63, 3.8) is 0 Å². The fourth-order valence-corrected chi connectivity index (χ4v) is 4.35. The average molecular weight is 448 g/mol. The summed E-state index contributed by atoms with van der Waals surface area (Å²) in [4.78, 5) is 19.3. The standard InChI is InChI=1S/C25H29N5OS/c1-17(2)29-14-11-19(16-29)24-23(21-6-4-5-13-26-21)28-25(32)30(24)15-12-22(31)27-20-9-7-18(3)8-10-20/h4-11,13-14,16-17,23-24H,12,15H2,1-3H3,(H,27,31)(H,28,32)/t23-,24-/m1/s1. The highest BCUT2D eigenvalue weighted by molar-refractivity contribution is 7.80. The van der Waals surface area contributed by atoms with Crippen molar-refractivity contribution in [2.45, 2.75) is 45.3 Å². The van der Waals surface area contributed by atoms with Crippen LogP contribution in [0.1, 0.15) is 55.2 Å². The average Bonchev–Trinajstić information content (AvgIpc) is 3.39. The fourth-order valence-electron chi connectivity index (χ4n) is 4.02. The molecule has 0 spiro atoms. The molecule has 6 nitrogen and oxygen atoms in total. The van der Waals surface area contributed by atoms with Crippen LogP contribution in [0.2, 0.25) is 0 Å². The van der Waals surface area contributed by atoms with Gasteiger partial charge >= 0.3 is 0 Å². The van der Waals surface area contributed by atoms with Gasteiger partial charge in [-0.2, -0.15) is 0 Å². The highest BCUT2D eigenvalue weighted by Crippen LogP contribution is 2.39. The Kier molecular flexibility index (Phi) is 6.55. The van der Waals surface area contributed by atoms with E-state index in [0.717, 1.165) is 22.5 Å². The van der Waals surface area contributed by atoms with E-state index in [2.05, 4.69) is 57.4 Å². The van der Waals surface area contributed by atoms with E-state index in [9.17, 15) is 4.79 Å². The fraction of sp³-hybridized carbons (Fsp3) is 0.320. The number of rotatable bonds is 7. The van der Waals surface area contributed by atoms with Crippen molar-refractivity contribution in [3.05, 3.63) is 83.9 Å². The van der Waals surface area contributed by atoms with E-state index in [1.54, 1.807) is 6.20 Å². The van der Waals surface area contributed by atoms with Crippen molar-refractivity contribution in [3.8, 4) is 0 Å². The van der Waals surface area contributed by atoms with E-state index in [1.807, 2.05) is 49.4 Å². The lowest BCUT2D eigenvalue weighted by molar-refractivity contribution is -0.116. The van der Waals surface area contributed by atoms with Crippen LogP contribution >= 0.6 is 12.2 Å². The normalized spacial score (nSPS) is 18.1. The van der Waals surface area contributed by atoms with Gasteiger partial charge in [0.2, 0.25) is 5.91 Å². The molecule has 1 aromatic carbocycles. The lowest BCUT2D eigenvalue weighted by atomic mass is 9.99. The number of nitrogens with zero attached hydrogens (tertiary/aromatic N) is 3. The first-order chi connectivity index (χ1) is 15.4. The maximum atomic E-state index is 12.6. The zero-order valence-corrected chi connectivity index (χ0v) is 19.5. The zero-order chi connectivity index (χ0) is 22.7. The van der Waals surface area contributed by atoms with Gasteiger partial charge in [0, 0.05) is 43.3 Å². The minimum atomic E-state index is -0.0770. The molecule has 1 amide bonds. The van der Waals surface area contributed by atoms with E-state index in [4.69, 9.17) is 12.2 Å². The minimum Gasteiger partial charge on any atom is -0.352 e. The van der Waals surface area contributed by atoms with Gasteiger partial charge in [0.1, 0.15) is 0 Å². The van der Waals surface area contributed by atoms with Gasteiger partial charge < -0.3 is 20.1 Å². The molecule has 1 fully saturated rings. The Bertz CT molecular complexity index is 1080. The topological polar surface area (TPSA) is 62.2 Å². The summed E-state index contributed by atoms with van der Waals surface area (Å²) in [6.45, 7) is 6.86. The zero-order valence-electron chi connectivity index (χ0n) is 18.7. The first-order valence-electron chi connectivity index (χ1n) is 10.9. The minimum absolute atomic E-state index is 0.0311. The second kappa shape index (κ2) is 9.53. The number of anilines is 1. The molecule has 7 heteroatoms. The predicted molar refractivity (Wildman–Crippen MR) is 131 cm³/mol. The highest BCUT2D eigenvalue weighted by atomic mass is 32.1. The van der Waals surface area contributed by atoms with Crippen LogP contribution in [0.25, 0.3) is 0 Å². The maximum Gasteiger partial charge on any atom is 0.226 e. The van der Waals surface area contributed by atoms with E-state index < -0.39 is 0 Å². The number of benzene rings is 1. The van der Waals surface area contributed by atoms with Crippen LogP contribution in [0.5, 0.6) is 0 Å².